The number of ketones is 1. The molecule has 2 aliphatic carbocycles. The molecule has 0 heterocycles. The van der Waals surface area contributed by atoms with E-state index in [1.807, 2.05) is 13.0 Å². The monoisotopic (exact) mass is 306 g/mol. The first kappa shape index (κ1) is 17.2. The average Bonchev–Trinajstić information content (AvgIpc) is 2.72. The van der Waals surface area contributed by atoms with Crippen molar-refractivity contribution in [2.24, 2.45) is 28.6 Å². The Morgan fingerprint density at radius 2 is 2.00 bits per heavy atom. The van der Waals surface area contributed by atoms with E-state index in [2.05, 4.69) is 34.6 Å². The lowest BCUT2D eigenvalue weighted by Gasteiger charge is -2.31. The fraction of sp³-hybridized carbons (Fsp3) is 0.789. The molecule has 0 aromatic rings. The highest BCUT2D eigenvalue weighted by Gasteiger charge is 2.63. The van der Waals surface area contributed by atoms with Crippen molar-refractivity contribution in [2.45, 2.75) is 60.8 Å². The summed E-state index contributed by atoms with van der Waals surface area (Å²) >= 11 is 0. The number of rotatable bonds is 5. The molecule has 3 heteroatoms. The molecule has 0 amide bonds. The molecule has 2 saturated carbocycles. The van der Waals surface area contributed by atoms with E-state index >= 15 is 0 Å². The number of allylic oxidation sites excluding steroid dienone is 1. The standard InChI is InChI=1S/C19H30O3/c1-7-22-17(21)13(10-12(2)3)11-14-15-8-9-19(6,16(14)20)18(15,4)5/h11-13,15H,7-10H2,1-6H3/b14-11+/t13-,15+,19-/m0/s1. The maximum Gasteiger partial charge on any atom is 0.312 e. The lowest BCUT2D eigenvalue weighted by Crippen LogP contribution is -2.32. The van der Waals surface area contributed by atoms with E-state index in [9.17, 15) is 9.59 Å². The fourth-order valence-corrected chi connectivity index (χ4v) is 4.33. The van der Waals surface area contributed by atoms with Crippen molar-refractivity contribution in [1.29, 1.82) is 0 Å². The van der Waals surface area contributed by atoms with Gasteiger partial charge in [0, 0.05) is 5.41 Å². The van der Waals surface area contributed by atoms with Gasteiger partial charge in [-0.2, -0.15) is 0 Å². The fourth-order valence-electron chi connectivity index (χ4n) is 4.33. The number of hydrogen-bond acceptors (Lipinski definition) is 3. The van der Waals surface area contributed by atoms with Crippen LogP contribution in [0.4, 0.5) is 0 Å². The molecule has 0 aliphatic heterocycles. The smallest absolute Gasteiger partial charge is 0.312 e. The summed E-state index contributed by atoms with van der Waals surface area (Å²) in [5, 5.41) is 0. The molecule has 2 fully saturated rings. The van der Waals surface area contributed by atoms with Crippen LogP contribution in [0.2, 0.25) is 0 Å². The van der Waals surface area contributed by atoms with Gasteiger partial charge in [-0.15, -0.1) is 0 Å². The van der Waals surface area contributed by atoms with Crippen molar-refractivity contribution in [1.82, 2.24) is 0 Å². The number of fused-ring (bicyclic) bond motifs is 2. The minimum atomic E-state index is -0.294. The first-order valence-corrected chi connectivity index (χ1v) is 8.58. The lowest BCUT2D eigenvalue weighted by atomic mass is 9.70. The van der Waals surface area contributed by atoms with Crippen LogP contribution in [0.1, 0.15) is 60.8 Å². The Hall–Kier alpha value is -1.12. The summed E-state index contributed by atoms with van der Waals surface area (Å²) in [5.74, 6) is 0.448. The number of carbonyl (C=O) groups is 2. The van der Waals surface area contributed by atoms with Gasteiger partial charge < -0.3 is 4.74 Å². The summed E-state index contributed by atoms with van der Waals surface area (Å²) in [4.78, 5) is 25.1. The average molecular weight is 306 g/mol. The van der Waals surface area contributed by atoms with Crippen molar-refractivity contribution in [3.63, 3.8) is 0 Å². The van der Waals surface area contributed by atoms with Gasteiger partial charge in [0.2, 0.25) is 0 Å². The van der Waals surface area contributed by atoms with Gasteiger partial charge >= 0.3 is 5.97 Å². The third-order valence-corrected chi connectivity index (χ3v) is 6.06. The summed E-state index contributed by atoms with van der Waals surface area (Å²) < 4.78 is 5.21. The van der Waals surface area contributed by atoms with Crippen LogP contribution < -0.4 is 0 Å². The maximum absolute atomic E-state index is 12.9. The van der Waals surface area contributed by atoms with Crippen LogP contribution >= 0.6 is 0 Å². The second-order valence-corrected chi connectivity index (χ2v) is 8.08. The quantitative estimate of drug-likeness (QED) is 0.566. The van der Waals surface area contributed by atoms with Gasteiger partial charge in [0.05, 0.1) is 12.5 Å². The van der Waals surface area contributed by atoms with Gasteiger partial charge in [0.1, 0.15) is 0 Å². The second kappa shape index (κ2) is 5.82. The van der Waals surface area contributed by atoms with E-state index in [0.29, 0.717) is 12.5 Å². The van der Waals surface area contributed by atoms with Crippen LogP contribution in [0.25, 0.3) is 0 Å². The first-order chi connectivity index (χ1) is 10.1. The van der Waals surface area contributed by atoms with Crippen LogP contribution in [0, 0.1) is 28.6 Å². The molecule has 0 spiro atoms. The zero-order chi connectivity index (χ0) is 16.7. The number of Topliss-reactive ketones (excluding diaryl/α,β-unsaturated/α-hetero) is 1. The molecular weight excluding hydrogens is 276 g/mol. The second-order valence-electron chi connectivity index (χ2n) is 8.08. The first-order valence-electron chi connectivity index (χ1n) is 8.58. The molecule has 0 unspecified atom stereocenters. The molecule has 124 valence electrons. The summed E-state index contributed by atoms with van der Waals surface area (Å²) in [7, 11) is 0. The van der Waals surface area contributed by atoms with E-state index < -0.39 is 0 Å². The minimum Gasteiger partial charge on any atom is -0.466 e. The van der Waals surface area contributed by atoms with Crippen molar-refractivity contribution in [2.75, 3.05) is 6.61 Å². The molecule has 2 aliphatic rings. The molecule has 0 aromatic carbocycles. The number of esters is 1. The molecule has 3 nitrogen and oxygen atoms in total. The molecule has 22 heavy (non-hydrogen) atoms. The van der Waals surface area contributed by atoms with E-state index in [4.69, 9.17) is 4.74 Å². The summed E-state index contributed by atoms with van der Waals surface area (Å²) in [6, 6.07) is 0. The molecule has 0 aromatic heterocycles. The zero-order valence-corrected chi connectivity index (χ0v) is 14.9. The molecule has 3 atom stereocenters. The van der Waals surface area contributed by atoms with Crippen LogP contribution in [-0.2, 0) is 14.3 Å². The Kier molecular flexibility index (Phi) is 4.56. The van der Waals surface area contributed by atoms with Crippen molar-refractivity contribution < 1.29 is 14.3 Å². The predicted molar refractivity (Wildman–Crippen MR) is 87.3 cm³/mol. The van der Waals surface area contributed by atoms with E-state index in [1.54, 1.807) is 0 Å². The Bertz CT molecular complexity index is 501. The third kappa shape index (κ3) is 2.53. The SMILES string of the molecule is CCOC(=O)[C@H](/C=C1/C(=O)[C@]2(C)CC[C@H]1C2(C)C)CC(C)C. The van der Waals surface area contributed by atoms with Crippen molar-refractivity contribution >= 4 is 11.8 Å². The van der Waals surface area contributed by atoms with Gasteiger partial charge in [-0.05, 0) is 49.0 Å². The largest absolute Gasteiger partial charge is 0.466 e. The van der Waals surface area contributed by atoms with Gasteiger partial charge in [0.15, 0.2) is 5.78 Å². The molecule has 0 saturated heterocycles. The minimum absolute atomic E-state index is 0.00699. The van der Waals surface area contributed by atoms with Crippen LogP contribution in [0.5, 0.6) is 0 Å². The van der Waals surface area contributed by atoms with Crippen molar-refractivity contribution in [3.8, 4) is 0 Å². The molecule has 2 rings (SSSR count). The van der Waals surface area contributed by atoms with E-state index in [1.165, 1.54) is 0 Å². The third-order valence-electron chi connectivity index (χ3n) is 6.06. The van der Waals surface area contributed by atoms with E-state index in [-0.39, 0.29) is 34.4 Å². The Balaban J connectivity index is 2.33. The molecule has 0 N–H and O–H groups in total. The normalized spacial score (nSPS) is 32.8. The highest BCUT2D eigenvalue weighted by molar-refractivity contribution is 6.05. The van der Waals surface area contributed by atoms with Crippen LogP contribution in [0.15, 0.2) is 11.6 Å². The number of ether oxygens (including phenoxy) is 1. The summed E-state index contributed by atoms with van der Waals surface area (Å²) in [6.45, 7) is 12.9. The molecular formula is C19H30O3. The van der Waals surface area contributed by atoms with Gasteiger partial charge in [0.25, 0.3) is 0 Å². The van der Waals surface area contributed by atoms with Gasteiger partial charge in [-0.25, -0.2) is 0 Å². The predicted octanol–water partition coefficient (Wildman–Crippen LogP) is 4.16. The number of carbonyl (C=O) groups excluding carboxylic acids is 2. The topological polar surface area (TPSA) is 43.4 Å². The lowest BCUT2D eigenvalue weighted by molar-refractivity contribution is -0.146. The Morgan fingerprint density at radius 1 is 1.36 bits per heavy atom. The highest BCUT2D eigenvalue weighted by Crippen LogP contribution is 2.65. The van der Waals surface area contributed by atoms with E-state index in [0.717, 1.165) is 24.8 Å². The Labute approximate surface area is 134 Å². The van der Waals surface area contributed by atoms with Crippen LogP contribution in [-0.4, -0.2) is 18.4 Å². The summed E-state index contributed by atoms with van der Waals surface area (Å²) in [5.41, 5.74) is 0.616. The highest BCUT2D eigenvalue weighted by atomic mass is 16.5. The van der Waals surface area contributed by atoms with Gasteiger partial charge in [-0.3, -0.25) is 9.59 Å². The van der Waals surface area contributed by atoms with Gasteiger partial charge in [-0.1, -0.05) is 40.7 Å². The number of hydrogen-bond donors (Lipinski definition) is 0. The molecule has 2 bridgehead atoms. The summed E-state index contributed by atoms with van der Waals surface area (Å²) in [6.07, 6.45) is 4.70. The molecule has 0 radical (unpaired) electrons. The zero-order valence-electron chi connectivity index (χ0n) is 14.9. The van der Waals surface area contributed by atoms with Crippen molar-refractivity contribution in [3.05, 3.63) is 11.6 Å². The van der Waals surface area contributed by atoms with Crippen LogP contribution in [0.3, 0.4) is 0 Å². The Morgan fingerprint density at radius 3 is 2.45 bits per heavy atom. The maximum atomic E-state index is 12.9.